The fourth-order valence-corrected chi connectivity index (χ4v) is 3.96. The van der Waals surface area contributed by atoms with E-state index in [-0.39, 0.29) is 37.4 Å². The molecule has 1 aliphatic heterocycles. The van der Waals surface area contributed by atoms with Gasteiger partial charge in [0.1, 0.15) is 6.26 Å². The maximum atomic E-state index is 12.4. The predicted molar refractivity (Wildman–Crippen MR) is 105 cm³/mol. The van der Waals surface area contributed by atoms with E-state index in [0.717, 1.165) is 12.0 Å². The summed E-state index contributed by atoms with van der Waals surface area (Å²) in [7, 11) is -3.98. The molecule has 1 amide bonds. The molecule has 1 fully saturated rings. The normalized spacial score (nSPS) is 16.0. The number of oxazole rings is 1. The molecule has 0 bridgehead atoms. The van der Waals surface area contributed by atoms with Gasteiger partial charge in [0.05, 0.1) is 18.0 Å². The molecule has 11 nitrogen and oxygen atoms in total. The van der Waals surface area contributed by atoms with Crippen LogP contribution in [0.2, 0.25) is 0 Å². The minimum atomic E-state index is -3.98. The van der Waals surface area contributed by atoms with Crippen LogP contribution < -0.4 is 10.0 Å². The van der Waals surface area contributed by atoms with E-state index < -0.39 is 16.1 Å². The van der Waals surface area contributed by atoms with E-state index in [1.165, 1.54) is 4.31 Å². The number of anilines is 2. The first-order valence-electron chi connectivity index (χ1n) is 9.50. The molecule has 2 aromatic rings. The molecule has 12 heteroatoms. The summed E-state index contributed by atoms with van der Waals surface area (Å²) in [5.41, 5.74) is 1.40. The Labute approximate surface area is 169 Å². The van der Waals surface area contributed by atoms with Crippen molar-refractivity contribution in [3.05, 3.63) is 23.8 Å². The van der Waals surface area contributed by atoms with Crippen molar-refractivity contribution < 1.29 is 22.4 Å². The second kappa shape index (κ2) is 8.93. The average Bonchev–Trinajstić information content (AvgIpc) is 3.20. The van der Waals surface area contributed by atoms with Crippen LogP contribution in [0.3, 0.4) is 0 Å². The molecule has 0 radical (unpaired) electrons. The summed E-state index contributed by atoms with van der Waals surface area (Å²) >= 11 is 0. The van der Waals surface area contributed by atoms with E-state index in [4.69, 9.17) is 9.15 Å². The Morgan fingerprint density at radius 2 is 2.10 bits per heavy atom. The molecule has 0 spiro atoms. The molecular weight excluding hydrogens is 400 g/mol. The summed E-state index contributed by atoms with van der Waals surface area (Å²) < 4.78 is 40.4. The molecule has 0 unspecified atom stereocenters. The lowest BCUT2D eigenvalue weighted by molar-refractivity contribution is 0.0973. The maximum Gasteiger partial charge on any atom is 0.304 e. The van der Waals surface area contributed by atoms with Crippen LogP contribution in [0.5, 0.6) is 0 Å². The first-order valence-corrected chi connectivity index (χ1v) is 10.9. The largest absolute Gasteiger partial charge is 0.431 e. The lowest BCUT2D eigenvalue weighted by Crippen LogP contribution is -2.44. The van der Waals surface area contributed by atoms with Crippen molar-refractivity contribution in [2.75, 3.05) is 31.6 Å². The highest BCUT2D eigenvalue weighted by molar-refractivity contribution is 7.87. The van der Waals surface area contributed by atoms with Crippen molar-refractivity contribution >= 4 is 27.8 Å². The zero-order valence-corrected chi connectivity index (χ0v) is 17.5. The van der Waals surface area contributed by atoms with Crippen LogP contribution in [0, 0.1) is 0 Å². The van der Waals surface area contributed by atoms with E-state index >= 15 is 0 Å². The summed E-state index contributed by atoms with van der Waals surface area (Å²) in [5, 5.41) is 7.48. The van der Waals surface area contributed by atoms with Gasteiger partial charge in [-0.15, -0.1) is 0 Å². The topological polar surface area (TPSA) is 132 Å². The van der Waals surface area contributed by atoms with Crippen molar-refractivity contribution in [3.63, 3.8) is 0 Å². The van der Waals surface area contributed by atoms with Gasteiger partial charge in [-0.1, -0.05) is 6.92 Å². The molecule has 0 saturated carbocycles. The summed E-state index contributed by atoms with van der Waals surface area (Å²) in [4.78, 5) is 16.4. The Morgan fingerprint density at radius 1 is 1.31 bits per heavy atom. The van der Waals surface area contributed by atoms with E-state index in [2.05, 4.69) is 15.4 Å². The third kappa shape index (κ3) is 5.14. The van der Waals surface area contributed by atoms with Crippen molar-refractivity contribution in [1.29, 1.82) is 0 Å². The highest BCUT2D eigenvalue weighted by Crippen LogP contribution is 2.22. The number of aromatic nitrogens is 3. The number of rotatable bonds is 7. The van der Waals surface area contributed by atoms with Crippen LogP contribution in [0.4, 0.5) is 11.7 Å². The van der Waals surface area contributed by atoms with Gasteiger partial charge in [0.15, 0.2) is 5.69 Å². The zero-order valence-electron chi connectivity index (χ0n) is 16.7. The van der Waals surface area contributed by atoms with Gasteiger partial charge in [-0.25, -0.2) is 4.72 Å². The number of carbonyl (C=O) groups is 1. The number of hydrogen-bond acceptors (Lipinski definition) is 8. The van der Waals surface area contributed by atoms with Crippen molar-refractivity contribution in [1.82, 2.24) is 23.8 Å². The van der Waals surface area contributed by atoms with Gasteiger partial charge in [-0.05, 0) is 26.7 Å². The van der Waals surface area contributed by atoms with Gasteiger partial charge in [0.2, 0.25) is 0 Å². The molecule has 0 atom stereocenters. The van der Waals surface area contributed by atoms with Crippen molar-refractivity contribution in [2.24, 2.45) is 0 Å². The highest BCUT2D eigenvalue weighted by Gasteiger charge is 2.27. The molecule has 160 valence electrons. The standard InChI is InChI=1S/C17H26N6O5S/c1-4-13-14(10-23(20-13)12(2)3)18-17-19-15(11-28-17)16(24)21-29(25,26)22-6-5-8-27-9-7-22/h10-12H,4-9H2,1-3H3,(H,18,19)(H,21,24). The minimum Gasteiger partial charge on any atom is -0.431 e. The van der Waals surface area contributed by atoms with E-state index in [1.807, 2.05) is 36.4 Å². The van der Waals surface area contributed by atoms with Gasteiger partial charge >= 0.3 is 10.2 Å². The van der Waals surface area contributed by atoms with Crippen LogP contribution >= 0.6 is 0 Å². The number of nitrogens with one attached hydrogen (secondary N) is 2. The Bertz CT molecular complexity index is 943. The number of hydrogen-bond donors (Lipinski definition) is 2. The monoisotopic (exact) mass is 426 g/mol. The molecule has 1 saturated heterocycles. The molecule has 2 N–H and O–H groups in total. The Morgan fingerprint density at radius 3 is 2.83 bits per heavy atom. The molecule has 3 rings (SSSR count). The number of aryl methyl sites for hydroxylation is 1. The lowest BCUT2D eigenvalue weighted by Gasteiger charge is -2.18. The average molecular weight is 426 g/mol. The molecule has 0 aromatic carbocycles. The smallest absolute Gasteiger partial charge is 0.304 e. The molecule has 1 aliphatic rings. The molecular formula is C17H26N6O5S. The number of ether oxygens (including phenoxy) is 1. The maximum absolute atomic E-state index is 12.4. The van der Waals surface area contributed by atoms with Gasteiger partial charge in [-0.3, -0.25) is 9.48 Å². The second-order valence-electron chi connectivity index (χ2n) is 6.88. The number of amides is 1. The molecule has 29 heavy (non-hydrogen) atoms. The Hall–Kier alpha value is -2.44. The van der Waals surface area contributed by atoms with E-state index in [9.17, 15) is 13.2 Å². The third-order valence-corrected chi connectivity index (χ3v) is 5.88. The fourth-order valence-electron chi connectivity index (χ4n) is 2.81. The highest BCUT2D eigenvalue weighted by atomic mass is 32.2. The molecule has 3 heterocycles. The minimum absolute atomic E-state index is 0.0775. The number of carbonyl (C=O) groups excluding carboxylic acids is 1. The number of nitrogens with zero attached hydrogens (tertiary/aromatic N) is 4. The summed E-state index contributed by atoms with van der Waals surface area (Å²) in [6, 6.07) is 0.269. The van der Waals surface area contributed by atoms with Crippen LogP contribution in [0.1, 0.15) is 49.4 Å². The Kier molecular flexibility index (Phi) is 6.55. The van der Waals surface area contributed by atoms with Gasteiger partial charge in [-0.2, -0.15) is 22.8 Å². The SMILES string of the molecule is CCc1nn(C(C)C)cc1Nc1nc(C(=O)NS(=O)(=O)N2CCCOCC2)co1. The lowest BCUT2D eigenvalue weighted by atomic mass is 10.3. The van der Waals surface area contributed by atoms with Gasteiger partial charge < -0.3 is 14.5 Å². The molecule has 2 aromatic heterocycles. The first kappa shape index (κ1) is 21.3. The van der Waals surface area contributed by atoms with Crippen LogP contribution in [0.25, 0.3) is 0 Å². The second-order valence-corrected chi connectivity index (χ2v) is 8.55. The van der Waals surface area contributed by atoms with E-state index in [0.29, 0.717) is 25.1 Å². The van der Waals surface area contributed by atoms with Crippen LogP contribution in [-0.2, 0) is 21.4 Å². The van der Waals surface area contributed by atoms with Gasteiger partial charge in [0, 0.05) is 31.9 Å². The summed E-state index contributed by atoms with van der Waals surface area (Å²) in [6.45, 7) is 7.26. The quantitative estimate of drug-likeness (QED) is 0.680. The summed E-state index contributed by atoms with van der Waals surface area (Å²) in [6.07, 6.45) is 4.21. The third-order valence-electron chi connectivity index (χ3n) is 4.39. The van der Waals surface area contributed by atoms with Crippen molar-refractivity contribution in [2.45, 2.75) is 39.7 Å². The first-order chi connectivity index (χ1) is 13.8. The molecule has 0 aliphatic carbocycles. The van der Waals surface area contributed by atoms with Gasteiger partial charge in [0.25, 0.3) is 11.9 Å². The zero-order chi connectivity index (χ0) is 21.0. The van der Waals surface area contributed by atoms with E-state index in [1.54, 1.807) is 0 Å². The van der Waals surface area contributed by atoms with Crippen LogP contribution in [-0.4, -0.2) is 59.7 Å². The fraction of sp³-hybridized carbons (Fsp3) is 0.588. The summed E-state index contributed by atoms with van der Waals surface area (Å²) in [5.74, 6) is -0.861. The predicted octanol–water partition coefficient (Wildman–Crippen LogP) is 1.45. The van der Waals surface area contributed by atoms with Crippen LogP contribution in [0.15, 0.2) is 16.9 Å². The Balaban J connectivity index is 1.68. The van der Waals surface area contributed by atoms with Crippen molar-refractivity contribution in [3.8, 4) is 0 Å².